The Hall–Kier alpha value is -0.970. The van der Waals surface area contributed by atoms with E-state index in [1.54, 1.807) is 18.0 Å². The van der Waals surface area contributed by atoms with Crippen LogP contribution < -0.4 is 5.32 Å². The normalized spacial score (nSPS) is 13.1. The Labute approximate surface area is 114 Å². The second kappa shape index (κ2) is 6.83. The summed E-state index contributed by atoms with van der Waals surface area (Å²) in [6.07, 6.45) is 1.72. The first kappa shape index (κ1) is 15.1. The SMILES string of the molecule is CCS[C@@H](C(=O)Nc1ccnn1C(C)C)C(C)C. The zero-order chi connectivity index (χ0) is 13.7. The number of rotatable bonds is 6. The van der Waals surface area contributed by atoms with Crippen molar-refractivity contribution in [2.45, 2.75) is 45.9 Å². The molecular formula is C13H23N3OS. The van der Waals surface area contributed by atoms with E-state index in [1.165, 1.54) is 0 Å². The van der Waals surface area contributed by atoms with Crippen LogP contribution in [0.4, 0.5) is 5.82 Å². The van der Waals surface area contributed by atoms with Crippen LogP contribution in [0.5, 0.6) is 0 Å². The monoisotopic (exact) mass is 269 g/mol. The predicted molar refractivity (Wildman–Crippen MR) is 78.0 cm³/mol. The fourth-order valence-corrected chi connectivity index (χ4v) is 2.73. The number of anilines is 1. The lowest BCUT2D eigenvalue weighted by molar-refractivity contribution is -0.116. The van der Waals surface area contributed by atoms with E-state index in [4.69, 9.17) is 0 Å². The maximum absolute atomic E-state index is 12.2. The average molecular weight is 269 g/mol. The Balaban J connectivity index is 2.76. The van der Waals surface area contributed by atoms with E-state index < -0.39 is 0 Å². The van der Waals surface area contributed by atoms with Crippen LogP contribution >= 0.6 is 11.8 Å². The first-order valence-corrected chi connectivity index (χ1v) is 7.48. The number of nitrogens with zero attached hydrogens (tertiary/aromatic N) is 2. The molecule has 18 heavy (non-hydrogen) atoms. The number of carbonyl (C=O) groups excluding carboxylic acids is 1. The average Bonchev–Trinajstić information content (AvgIpc) is 2.73. The first-order valence-electron chi connectivity index (χ1n) is 6.43. The number of amides is 1. The molecule has 0 spiro atoms. The molecular weight excluding hydrogens is 246 g/mol. The molecule has 0 radical (unpaired) electrons. The van der Waals surface area contributed by atoms with Gasteiger partial charge in [0.05, 0.1) is 11.4 Å². The highest BCUT2D eigenvalue weighted by atomic mass is 32.2. The van der Waals surface area contributed by atoms with Crippen molar-refractivity contribution in [3.8, 4) is 0 Å². The Morgan fingerprint density at radius 1 is 1.44 bits per heavy atom. The van der Waals surface area contributed by atoms with Crippen molar-refractivity contribution in [3.05, 3.63) is 12.3 Å². The summed E-state index contributed by atoms with van der Waals surface area (Å²) in [5, 5.41) is 7.18. The van der Waals surface area contributed by atoms with Gasteiger partial charge in [-0.25, -0.2) is 4.68 Å². The van der Waals surface area contributed by atoms with Gasteiger partial charge >= 0.3 is 0 Å². The number of nitrogens with one attached hydrogen (secondary N) is 1. The zero-order valence-corrected chi connectivity index (χ0v) is 12.6. The molecule has 0 aliphatic rings. The summed E-state index contributed by atoms with van der Waals surface area (Å²) in [5.41, 5.74) is 0. The summed E-state index contributed by atoms with van der Waals surface area (Å²) in [5.74, 6) is 2.11. The van der Waals surface area contributed by atoms with E-state index in [1.807, 2.05) is 24.6 Å². The summed E-state index contributed by atoms with van der Waals surface area (Å²) >= 11 is 1.69. The highest BCUT2D eigenvalue weighted by Gasteiger charge is 2.23. The molecule has 1 rings (SSSR count). The van der Waals surface area contributed by atoms with Gasteiger partial charge in [0.2, 0.25) is 5.91 Å². The van der Waals surface area contributed by atoms with Gasteiger partial charge in [0.1, 0.15) is 5.82 Å². The van der Waals surface area contributed by atoms with Crippen LogP contribution in [0.2, 0.25) is 0 Å². The van der Waals surface area contributed by atoms with Crippen molar-refractivity contribution in [3.63, 3.8) is 0 Å². The van der Waals surface area contributed by atoms with Crippen molar-refractivity contribution in [1.29, 1.82) is 0 Å². The molecule has 1 heterocycles. The number of thioether (sulfide) groups is 1. The molecule has 0 fully saturated rings. The van der Waals surface area contributed by atoms with Gasteiger partial charge in [0, 0.05) is 12.1 Å². The highest BCUT2D eigenvalue weighted by molar-refractivity contribution is 8.00. The number of aromatic nitrogens is 2. The zero-order valence-electron chi connectivity index (χ0n) is 11.8. The van der Waals surface area contributed by atoms with E-state index >= 15 is 0 Å². The van der Waals surface area contributed by atoms with Gasteiger partial charge in [0.25, 0.3) is 0 Å². The van der Waals surface area contributed by atoms with E-state index in [0.717, 1.165) is 11.6 Å². The van der Waals surface area contributed by atoms with Crippen LogP contribution in [0.25, 0.3) is 0 Å². The minimum atomic E-state index is -0.00878. The second-order valence-electron chi connectivity index (χ2n) is 4.86. The molecule has 0 saturated heterocycles. The Morgan fingerprint density at radius 2 is 2.11 bits per heavy atom. The van der Waals surface area contributed by atoms with Crippen molar-refractivity contribution in [1.82, 2.24) is 9.78 Å². The van der Waals surface area contributed by atoms with Crippen molar-refractivity contribution in [2.24, 2.45) is 5.92 Å². The van der Waals surface area contributed by atoms with E-state index in [0.29, 0.717) is 5.92 Å². The largest absolute Gasteiger partial charge is 0.310 e. The minimum absolute atomic E-state index is 0.00878. The number of hydrogen-bond donors (Lipinski definition) is 1. The molecule has 0 unspecified atom stereocenters. The minimum Gasteiger partial charge on any atom is -0.310 e. The van der Waals surface area contributed by atoms with Crippen LogP contribution in [0.1, 0.15) is 40.7 Å². The quantitative estimate of drug-likeness (QED) is 0.862. The molecule has 1 aromatic heterocycles. The van der Waals surface area contributed by atoms with Gasteiger partial charge in [-0.2, -0.15) is 5.10 Å². The fraction of sp³-hybridized carbons (Fsp3) is 0.692. The molecule has 0 saturated carbocycles. The van der Waals surface area contributed by atoms with Crippen LogP contribution in [0.3, 0.4) is 0 Å². The van der Waals surface area contributed by atoms with Gasteiger partial charge in [-0.3, -0.25) is 4.79 Å². The second-order valence-corrected chi connectivity index (χ2v) is 6.28. The Kier molecular flexibility index (Phi) is 5.72. The van der Waals surface area contributed by atoms with Gasteiger partial charge in [-0.1, -0.05) is 20.8 Å². The van der Waals surface area contributed by atoms with Gasteiger partial charge in [-0.05, 0) is 25.5 Å². The lowest BCUT2D eigenvalue weighted by Crippen LogP contribution is -2.30. The maximum atomic E-state index is 12.2. The molecule has 1 amide bonds. The maximum Gasteiger partial charge on any atom is 0.238 e. The van der Waals surface area contributed by atoms with Crippen LogP contribution in [0.15, 0.2) is 12.3 Å². The Morgan fingerprint density at radius 3 is 2.61 bits per heavy atom. The molecule has 1 aromatic rings. The third-order valence-electron chi connectivity index (χ3n) is 2.62. The fourth-order valence-electron chi connectivity index (χ4n) is 1.77. The van der Waals surface area contributed by atoms with Crippen molar-refractivity contribution >= 4 is 23.5 Å². The van der Waals surface area contributed by atoms with Gasteiger partial charge in [-0.15, -0.1) is 11.8 Å². The third-order valence-corrected chi connectivity index (χ3v) is 4.07. The van der Waals surface area contributed by atoms with Crippen molar-refractivity contribution < 1.29 is 4.79 Å². The smallest absolute Gasteiger partial charge is 0.238 e. The van der Waals surface area contributed by atoms with Crippen molar-refractivity contribution in [2.75, 3.05) is 11.1 Å². The third kappa shape index (κ3) is 3.77. The summed E-state index contributed by atoms with van der Waals surface area (Å²) in [4.78, 5) is 12.2. The first-order chi connectivity index (χ1) is 8.47. The predicted octanol–water partition coefficient (Wildman–Crippen LogP) is 3.18. The molecule has 0 aliphatic heterocycles. The van der Waals surface area contributed by atoms with Crippen LogP contribution in [-0.4, -0.2) is 26.7 Å². The topological polar surface area (TPSA) is 46.9 Å². The molecule has 0 aliphatic carbocycles. The standard InChI is InChI=1S/C13H23N3OS/c1-6-18-12(9(2)3)13(17)15-11-7-8-14-16(11)10(4)5/h7-10,12H,6H2,1-5H3,(H,15,17)/t12-/m1/s1. The molecule has 102 valence electrons. The molecule has 0 bridgehead atoms. The lowest BCUT2D eigenvalue weighted by Gasteiger charge is -2.20. The number of hydrogen-bond acceptors (Lipinski definition) is 3. The summed E-state index contributed by atoms with van der Waals surface area (Å²) in [7, 11) is 0. The summed E-state index contributed by atoms with van der Waals surface area (Å²) < 4.78 is 1.83. The van der Waals surface area contributed by atoms with E-state index in [9.17, 15) is 4.79 Å². The van der Waals surface area contributed by atoms with E-state index in [2.05, 4.69) is 31.2 Å². The van der Waals surface area contributed by atoms with Gasteiger partial charge < -0.3 is 5.32 Å². The molecule has 5 heteroatoms. The molecule has 1 N–H and O–H groups in total. The van der Waals surface area contributed by atoms with Crippen LogP contribution in [0, 0.1) is 5.92 Å². The molecule has 1 atom stereocenters. The van der Waals surface area contributed by atoms with Crippen LogP contribution in [-0.2, 0) is 4.79 Å². The lowest BCUT2D eigenvalue weighted by atomic mass is 10.1. The number of carbonyl (C=O) groups is 1. The van der Waals surface area contributed by atoms with Gasteiger partial charge in [0.15, 0.2) is 0 Å². The summed E-state index contributed by atoms with van der Waals surface area (Å²) in [6, 6.07) is 2.08. The summed E-state index contributed by atoms with van der Waals surface area (Å²) in [6.45, 7) is 10.3. The Bertz CT molecular complexity index is 387. The highest BCUT2D eigenvalue weighted by Crippen LogP contribution is 2.22. The molecule has 4 nitrogen and oxygen atoms in total. The van der Waals surface area contributed by atoms with E-state index in [-0.39, 0.29) is 17.2 Å². The molecule has 0 aromatic carbocycles.